The molecule has 8 heteroatoms. The second-order valence-corrected chi connectivity index (χ2v) is 9.54. The van der Waals surface area contributed by atoms with E-state index in [1.807, 2.05) is 66.4 Å². The Morgan fingerprint density at radius 2 is 1.78 bits per heavy atom. The summed E-state index contributed by atoms with van der Waals surface area (Å²) in [6.45, 7) is 9.48. The third-order valence-corrected chi connectivity index (χ3v) is 6.45. The van der Waals surface area contributed by atoms with Crippen LogP contribution >= 0.6 is 0 Å². The molecule has 8 nitrogen and oxygen atoms in total. The highest BCUT2D eigenvalue weighted by molar-refractivity contribution is 5.95. The molecule has 1 atom stereocenters. The van der Waals surface area contributed by atoms with Crippen LogP contribution in [0, 0.1) is 6.92 Å². The van der Waals surface area contributed by atoms with E-state index in [0.29, 0.717) is 43.9 Å². The molecule has 0 bridgehead atoms. The lowest BCUT2D eigenvalue weighted by Gasteiger charge is -2.38. The van der Waals surface area contributed by atoms with Gasteiger partial charge in [-0.05, 0) is 51.8 Å². The molecule has 1 unspecified atom stereocenters. The number of rotatable bonds is 8. The van der Waals surface area contributed by atoms with Crippen LogP contribution in [0.3, 0.4) is 0 Å². The van der Waals surface area contributed by atoms with Gasteiger partial charge >= 0.3 is 18.0 Å². The van der Waals surface area contributed by atoms with E-state index in [4.69, 9.17) is 4.74 Å². The highest BCUT2D eigenvalue weighted by atomic mass is 16.5. The van der Waals surface area contributed by atoms with Crippen molar-refractivity contribution >= 4 is 23.7 Å². The number of nitrogens with zero attached hydrogens (tertiary/aromatic N) is 3. The molecule has 36 heavy (non-hydrogen) atoms. The minimum absolute atomic E-state index is 0.0310. The van der Waals surface area contributed by atoms with Crippen LogP contribution < -0.4 is 10.2 Å². The summed E-state index contributed by atoms with van der Waals surface area (Å²) in [5.74, 6) is -0.438. The number of amides is 4. The van der Waals surface area contributed by atoms with Crippen molar-refractivity contribution in [2.45, 2.75) is 46.3 Å². The molecular formula is C28H34N4O4. The summed E-state index contributed by atoms with van der Waals surface area (Å²) in [6, 6.07) is 16.6. The molecule has 1 saturated heterocycles. The fourth-order valence-electron chi connectivity index (χ4n) is 4.81. The van der Waals surface area contributed by atoms with Crippen LogP contribution in [0.5, 0.6) is 0 Å². The van der Waals surface area contributed by atoms with E-state index in [-0.39, 0.29) is 18.2 Å². The van der Waals surface area contributed by atoms with Gasteiger partial charge in [-0.3, -0.25) is 4.90 Å². The standard InChI is InChI=1S/C28H34N4O4/c1-19(2)36-26(33)24-21(4)29-27(34)32(25(24)22-11-8-10-20(3)18-22)15-9-14-30-16-17-31(28(30)35)23-12-6-5-7-13-23/h5-8,10-13,18-19,25H,9,14-17H2,1-4H3,(H,29,34). The van der Waals surface area contributed by atoms with Gasteiger partial charge < -0.3 is 19.9 Å². The molecule has 0 aliphatic carbocycles. The summed E-state index contributed by atoms with van der Waals surface area (Å²) >= 11 is 0. The molecule has 0 aromatic heterocycles. The predicted octanol–water partition coefficient (Wildman–Crippen LogP) is 4.62. The highest BCUT2D eigenvalue weighted by Crippen LogP contribution is 2.35. The van der Waals surface area contributed by atoms with Gasteiger partial charge in [0.25, 0.3) is 0 Å². The van der Waals surface area contributed by atoms with Crippen LogP contribution in [0.2, 0.25) is 0 Å². The second-order valence-electron chi connectivity index (χ2n) is 9.54. The number of aryl methyl sites for hydroxylation is 1. The zero-order chi connectivity index (χ0) is 25.8. The molecule has 2 aromatic rings. The van der Waals surface area contributed by atoms with Crippen molar-refractivity contribution in [1.82, 2.24) is 15.1 Å². The van der Waals surface area contributed by atoms with E-state index in [0.717, 1.165) is 16.8 Å². The minimum atomic E-state index is -0.569. The maximum atomic E-state index is 13.1. The molecule has 2 heterocycles. The van der Waals surface area contributed by atoms with Crippen molar-refractivity contribution in [1.29, 1.82) is 0 Å². The van der Waals surface area contributed by atoms with Gasteiger partial charge in [-0.2, -0.15) is 0 Å². The summed E-state index contributed by atoms with van der Waals surface area (Å²) < 4.78 is 5.55. The summed E-state index contributed by atoms with van der Waals surface area (Å²) in [5, 5.41) is 2.84. The topological polar surface area (TPSA) is 82.2 Å². The summed E-state index contributed by atoms with van der Waals surface area (Å²) in [5.41, 5.74) is 3.71. The Balaban J connectivity index is 1.52. The van der Waals surface area contributed by atoms with Gasteiger partial charge in [0.15, 0.2) is 0 Å². The van der Waals surface area contributed by atoms with Crippen molar-refractivity contribution in [3.8, 4) is 0 Å². The summed E-state index contributed by atoms with van der Waals surface area (Å²) in [6.07, 6.45) is 0.297. The zero-order valence-electron chi connectivity index (χ0n) is 21.4. The number of para-hydroxylation sites is 1. The minimum Gasteiger partial charge on any atom is -0.459 e. The zero-order valence-corrected chi connectivity index (χ0v) is 21.4. The molecule has 0 spiro atoms. The van der Waals surface area contributed by atoms with Crippen molar-refractivity contribution in [2.24, 2.45) is 0 Å². The SMILES string of the molecule is CC1=C(C(=O)OC(C)C)C(c2cccc(C)c2)N(CCCN2CCN(c3ccccc3)C2=O)C(=O)N1. The van der Waals surface area contributed by atoms with Crippen molar-refractivity contribution in [2.75, 3.05) is 31.1 Å². The maximum Gasteiger partial charge on any atom is 0.338 e. The molecule has 2 aliphatic heterocycles. The van der Waals surface area contributed by atoms with E-state index in [2.05, 4.69) is 5.32 Å². The first-order valence-electron chi connectivity index (χ1n) is 12.4. The third kappa shape index (κ3) is 5.37. The van der Waals surface area contributed by atoms with Gasteiger partial charge in [-0.1, -0.05) is 48.0 Å². The van der Waals surface area contributed by atoms with Crippen LogP contribution in [0.15, 0.2) is 65.9 Å². The van der Waals surface area contributed by atoms with Crippen LogP contribution in [0.4, 0.5) is 15.3 Å². The smallest absolute Gasteiger partial charge is 0.338 e. The first kappa shape index (κ1) is 25.3. The van der Waals surface area contributed by atoms with Gasteiger partial charge in [0, 0.05) is 37.6 Å². The van der Waals surface area contributed by atoms with Gasteiger partial charge in [-0.25, -0.2) is 14.4 Å². The molecule has 2 aliphatic rings. The molecule has 0 radical (unpaired) electrons. The van der Waals surface area contributed by atoms with Gasteiger partial charge in [0.1, 0.15) is 0 Å². The average molecular weight is 491 g/mol. The lowest BCUT2D eigenvalue weighted by atomic mass is 9.92. The molecule has 4 rings (SSSR count). The Labute approximate surface area is 212 Å². The first-order chi connectivity index (χ1) is 17.3. The number of anilines is 1. The Morgan fingerprint density at radius 3 is 2.47 bits per heavy atom. The largest absolute Gasteiger partial charge is 0.459 e. The Hall–Kier alpha value is -3.81. The van der Waals surface area contributed by atoms with E-state index in [9.17, 15) is 14.4 Å². The summed E-state index contributed by atoms with van der Waals surface area (Å²) in [4.78, 5) is 44.5. The number of hydrogen-bond donors (Lipinski definition) is 1. The van der Waals surface area contributed by atoms with Crippen molar-refractivity contribution in [3.05, 3.63) is 77.0 Å². The Kier molecular flexibility index (Phi) is 7.62. The van der Waals surface area contributed by atoms with Crippen LogP contribution in [0.1, 0.15) is 44.4 Å². The number of ether oxygens (including phenoxy) is 1. The lowest BCUT2D eigenvalue weighted by Crippen LogP contribution is -2.49. The third-order valence-electron chi connectivity index (χ3n) is 6.45. The quantitative estimate of drug-likeness (QED) is 0.548. The number of hydrogen-bond acceptors (Lipinski definition) is 4. The lowest BCUT2D eigenvalue weighted by molar-refractivity contribution is -0.143. The summed E-state index contributed by atoms with van der Waals surface area (Å²) in [7, 11) is 0. The molecular weight excluding hydrogens is 456 g/mol. The number of benzene rings is 2. The molecule has 190 valence electrons. The highest BCUT2D eigenvalue weighted by Gasteiger charge is 2.39. The van der Waals surface area contributed by atoms with Crippen molar-refractivity contribution in [3.63, 3.8) is 0 Å². The van der Waals surface area contributed by atoms with E-state index < -0.39 is 12.0 Å². The fraction of sp³-hybridized carbons (Fsp3) is 0.393. The average Bonchev–Trinajstić information content (AvgIpc) is 3.20. The molecule has 2 aromatic carbocycles. The number of esters is 1. The maximum absolute atomic E-state index is 13.1. The molecule has 1 N–H and O–H groups in total. The number of carbonyl (C=O) groups is 3. The fourth-order valence-corrected chi connectivity index (χ4v) is 4.81. The van der Waals surface area contributed by atoms with Gasteiger partial charge in [0.05, 0.1) is 17.7 Å². The second kappa shape index (κ2) is 10.8. The van der Waals surface area contributed by atoms with E-state index in [1.54, 1.807) is 30.6 Å². The molecule has 4 amide bonds. The first-order valence-corrected chi connectivity index (χ1v) is 12.4. The number of urea groups is 2. The van der Waals surface area contributed by atoms with Gasteiger partial charge in [0.2, 0.25) is 0 Å². The normalized spacial score (nSPS) is 18.2. The molecule has 1 fully saturated rings. The van der Waals surface area contributed by atoms with Gasteiger partial charge in [-0.15, -0.1) is 0 Å². The predicted molar refractivity (Wildman–Crippen MR) is 138 cm³/mol. The van der Waals surface area contributed by atoms with Crippen LogP contribution in [-0.2, 0) is 9.53 Å². The van der Waals surface area contributed by atoms with E-state index >= 15 is 0 Å². The number of nitrogens with one attached hydrogen (secondary N) is 1. The van der Waals surface area contributed by atoms with Crippen LogP contribution in [0.25, 0.3) is 0 Å². The van der Waals surface area contributed by atoms with Crippen LogP contribution in [-0.4, -0.2) is 60.1 Å². The number of allylic oxidation sites excluding steroid dienone is 1. The van der Waals surface area contributed by atoms with E-state index in [1.165, 1.54) is 0 Å². The number of carbonyl (C=O) groups excluding carboxylic acids is 3. The van der Waals surface area contributed by atoms with Crippen molar-refractivity contribution < 1.29 is 19.1 Å². The Bertz CT molecular complexity index is 1160. The molecule has 0 saturated carbocycles. The Morgan fingerprint density at radius 1 is 1.03 bits per heavy atom. The monoisotopic (exact) mass is 490 g/mol.